The number of hydrogen-bond acceptors (Lipinski definition) is 2. The number of rotatable bonds is 1. The average molecular weight is 220 g/mol. The number of carbonyl (C=O) groups excluding carboxylic acids is 1. The van der Waals surface area contributed by atoms with Gasteiger partial charge in [-0.3, -0.25) is 0 Å². The first-order valence-electron chi connectivity index (χ1n) is 5.01. The fourth-order valence-corrected chi connectivity index (χ4v) is 2.11. The molecule has 2 fully saturated rings. The fourth-order valence-electron chi connectivity index (χ4n) is 2.11. The van der Waals surface area contributed by atoms with Crippen LogP contribution in [0.2, 0.25) is 0 Å². The quantitative estimate of drug-likeness (QED) is 0.699. The highest BCUT2D eigenvalue weighted by atomic mass is 35.5. The van der Waals surface area contributed by atoms with Crippen LogP contribution in [-0.2, 0) is 0 Å². The van der Waals surface area contributed by atoms with Crippen molar-refractivity contribution in [2.75, 3.05) is 33.2 Å². The summed E-state index contributed by atoms with van der Waals surface area (Å²) in [7, 11) is 1.87. The van der Waals surface area contributed by atoms with Gasteiger partial charge in [0.2, 0.25) is 0 Å². The number of likely N-dealkylation sites (N-methyl/N-ethyl adjacent to an activating group) is 1. The SMILES string of the molecule is CN1CCN(C2CCCNC2)C1=O.Cl. The van der Waals surface area contributed by atoms with Gasteiger partial charge in [0.1, 0.15) is 0 Å². The van der Waals surface area contributed by atoms with Crippen LogP contribution in [0.15, 0.2) is 0 Å². The van der Waals surface area contributed by atoms with Crippen LogP contribution in [-0.4, -0.2) is 55.1 Å². The largest absolute Gasteiger partial charge is 0.326 e. The Morgan fingerprint density at radius 1 is 1.43 bits per heavy atom. The molecule has 14 heavy (non-hydrogen) atoms. The van der Waals surface area contributed by atoms with E-state index >= 15 is 0 Å². The molecule has 1 atom stereocenters. The van der Waals surface area contributed by atoms with Gasteiger partial charge in [0, 0.05) is 32.7 Å². The highest BCUT2D eigenvalue weighted by Gasteiger charge is 2.31. The van der Waals surface area contributed by atoms with Gasteiger partial charge >= 0.3 is 6.03 Å². The number of urea groups is 1. The van der Waals surface area contributed by atoms with E-state index in [-0.39, 0.29) is 18.4 Å². The third kappa shape index (κ3) is 2.12. The van der Waals surface area contributed by atoms with Crippen molar-refractivity contribution in [1.82, 2.24) is 15.1 Å². The van der Waals surface area contributed by atoms with Gasteiger partial charge in [0.25, 0.3) is 0 Å². The van der Waals surface area contributed by atoms with Gasteiger partial charge in [-0.1, -0.05) is 0 Å². The Kier molecular flexibility index (Phi) is 4.01. The van der Waals surface area contributed by atoms with E-state index < -0.39 is 0 Å². The summed E-state index contributed by atoms with van der Waals surface area (Å²) in [5.41, 5.74) is 0. The number of piperidine rings is 1. The third-order valence-electron chi connectivity index (χ3n) is 2.96. The molecule has 0 saturated carbocycles. The fraction of sp³-hybridized carbons (Fsp3) is 0.889. The molecule has 0 radical (unpaired) electrons. The predicted molar refractivity (Wildman–Crippen MR) is 57.9 cm³/mol. The second-order valence-corrected chi connectivity index (χ2v) is 3.90. The van der Waals surface area contributed by atoms with Crippen LogP contribution in [0, 0.1) is 0 Å². The van der Waals surface area contributed by atoms with Crippen molar-refractivity contribution < 1.29 is 4.79 Å². The van der Waals surface area contributed by atoms with Crippen molar-refractivity contribution in [3.63, 3.8) is 0 Å². The summed E-state index contributed by atoms with van der Waals surface area (Å²) in [5, 5.41) is 3.33. The molecule has 2 heterocycles. The van der Waals surface area contributed by atoms with Gasteiger partial charge in [-0.05, 0) is 19.4 Å². The zero-order valence-corrected chi connectivity index (χ0v) is 9.35. The smallest absolute Gasteiger partial charge is 0.320 e. The highest BCUT2D eigenvalue weighted by Crippen LogP contribution is 2.15. The molecule has 1 unspecified atom stereocenters. The first-order chi connectivity index (χ1) is 6.29. The molecule has 0 aromatic rings. The average Bonchev–Trinajstić information content (AvgIpc) is 2.49. The normalized spacial score (nSPS) is 27.8. The summed E-state index contributed by atoms with van der Waals surface area (Å²) in [6.45, 7) is 3.87. The van der Waals surface area contributed by atoms with Crippen LogP contribution < -0.4 is 5.32 Å². The first-order valence-corrected chi connectivity index (χ1v) is 5.01. The second kappa shape index (κ2) is 4.84. The van der Waals surface area contributed by atoms with Gasteiger partial charge < -0.3 is 15.1 Å². The maximum absolute atomic E-state index is 11.6. The molecular weight excluding hydrogens is 202 g/mol. The van der Waals surface area contributed by atoms with Gasteiger partial charge in [-0.2, -0.15) is 0 Å². The van der Waals surface area contributed by atoms with E-state index in [0.29, 0.717) is 6.04 Å². The molecule has 0 aromatic carbocycles. The maximum Gasteiger partial charge on any atom is 0.320 e. The lowest BCUT2D eigenvalue weighted by molar-refractivity contribution is 0.172. The molecule has 4 nitrogen and oxygen atoms in total. The van der Waals surface area contributed by atoms with Crippen LogP contribution in [0.4, 0.5) is 4.79 Å². The van der Waals surface area contributed by atoms with Crippen LogP contribution in [0.3, 0.4) is 0 Å². The molecule has 0 aliphatic carbocycles. The molecule has 2 rings (SSSR count). The topological polar surface area (TPSA) is 35.6 Å². The number of nitrogens with one attached hydrogen (secondary N) is 1. The molecule has 1 N–H and O–H groups in total. The van der Waals surface area contributed by atoms with E-state index in [9.17, 15) is 4.79 Å². The Morgan fingerprint density at radius 2 is 2.21 bits per heavy atom. The predicted octanol–water partition coefficient (Wildman–Crippen LogP) is 0.528. The van der Waals surface area contributed by atoms with Gasteiger partial charge in [-0.15, -0.1) is 12.4 Å². The molecule has 0 spiro atoms. The zero-order valence-electron chi connectivity index (χ0n) is 8.53. The van der Waals surface area contributed by atoms with Crippen molar-refractivity contribution in [2.24, 2.45) is 0 Å². The summed E-state index contributed by atoms with van der Waals surface area (Å²) in [4.78, 5) is 15.4. The first kappa shape index (κ1) is 11.6. The van der Waals surface area contributed by atoms with Crippen molar-refractivity contribution in [3.8, 4) is 0 Å². The van der Waals surface area contributed by atoms with E-state index in [1.807, 2.05) is 11.9 Å². The van der Waals surface area contributed by atoms with E-state index in [0.717, 1.165) is 32.6 Å². The summed E-state index contributed by atoms with van der Waals surface area (Å²) in [6.07, 6.45) is 2.35. The van der Waals surface area contributed by atoms with E-state index in [4.69, 9.17) is 0 Å². The van der Waals surface area contributed by atoms with Crippen molar-refractivity contribution in [2.45, 2.75) is 18.9 Å². The summed E-state index contributed by atoms with van der Waals surface area (Å²) in [6, 6.07) is 0.639. The molecule has 82 valence electrons. The number of halogens is 1. The minimum absolute atomic E-state index is 0. The van der Waals surface area contributed by atoms with Gasteiger partial charge in [-0.25, -0.2) is 4.79 Å². The van der Waals surface area contributed by atoms with Gasteiger partial charge in [0.15, 0.2) is 0 Å². The Morgan fingerprint density at radius 3 is 2.71 bits per heavy atom. The minimum atomic E-state index is 0. The molecular formula is C9H18ClN3O. The summed E-state index contributed by atoms with van der Waals surface area (Å²) in [5.74, 6) is 0. The molecule has 2 saturated heterocycles. The lowest BCUT2D eigenvalue weighted by Crippen LogP contribution is -2.47. The summed E-state index contributed by atoms with van der Waals surface area (Å²) >= 11 is 0. The lowest BCUT2D eigenvalue weighted by atomic mass is 10.1. The second-order valence-electron chi connectivity index (χ2n) is 3.90. The Balaban J connectivity index is 0.000000980. The van der Waals surface area contributed by atoms with E-state index in [1.54, 1.807) is 4.90 Å². The third-order valence-corrected chi connectivity index (χ3v) is 2.96. The van der Waals surface area contributed by atoms with Crippen molar-refractivity contribution in [3.05, 3.63) is 0 Å². The minimum Gasteiger partial charge on any atom is -0.326 e. The monoisotopic (exact) mass is 219 g/mol. The van der Waals surface area contributed by atoms with Crippen LogP contribution in [0.25, 0.3) is 0 Å². The van der Waals surface area contributed by atoms with E-state index in [2.05, 4.69) is 5.32 Å². The van der Waals surface area contributed by atoms with Crippen molar-refractivity contribution in [1.29, 1.82) is 0 Å². The highest BCUT2D eigenvalue weighted by molar-refractivity contribution is 5.85. The zero-order chi connectivity index (χ0) is 9.26. The van der Waals surface area contributed by atoms with Crippen molar-refractivity contribution >= 4 is 18.4 Å². The Bertz CT molecular complexity index is 206. The Labute approximate surface area is 91.0 Å². The molecule has 0 bridgehead atoms. The van der Waals surface area contributed by atoms with Crippen LogP contribution >= 0.6 is 12.4 Å². The molecule has 2 amide bonds. The number of hydrogen-bond donors (Lipinski definition) is 1. The van der Waals surface area contributed by atoms with E-state index in [1.165, 1.54) is 6.42 Å². The number of carbonyl (C=O) groups is 1. The summed E-state index contributed by atoms with van der Waals surface area (Å²) < 4.78 is 0. The molecule has 2 aliphatic rings. The standard InChI is InChI=1S/C9H17N3O.ClH/c1-11-5-6-12(9(11)13)8-3-2-4-10-7-8;/h8,10H,2-7H2,1H3;1H. The maximum atomic E-state index is 11.6. The Hall–Kier alpha value is -0.480. The van der Waals surface area contributed by atoms with Crippen LogP contribution in [0.5, 0.6) is 0 Å². The van der Waals surface area contributed by atoms with Gasteiger partial charge in [0.05, 0.1) is 0 Å². The number of amides is 2. The number of nitrogens with zero attached hydrogens (tertiary/aromatic N) is 2. The lowest BCUT2D eigenvalue weighted by Gasteiger charge is -2.30. The van der Waals surface area contributed by atoms with Crippen LogP contribution in [0.1, 0.15) is 12.8 Å². The molecule has 5 heteroatoms. The molecule has 0 aromatic heterocycles. The molecule has 2 aliphatic heterocycles.